The van der Waals surface area contributed by atoms with Crippen molar-refractivity contribution >= 4 is 44.9 Å². The molecule has 0 bridgehead atoms. The lowest BCUT2D eigenvalue weighted by Crippen LogP contribution is -2.74. The molecular weight excluding hydrogens is 436 g/mol. The van der Waals surface area contributed by atoms with Gasteiger partial charge in [-0.3, -0.25) is 14.5 Å². The standard InChI is InChI=1S/C18H19BrN2O5S/c1-11-10-27(25)17-14(20-13(22)9-12-5-3-2-4-6-12)16(23)21(17)15(11)18(24)26-8-7-19/h2-6,14,17H,7-10H2,1H3,(H,20,22)/t14?,17-,27?/m0/s1. The van der Waals surface area contributed by atoms with E-state index in [4.69, 9.17) is 4.74 Å². The van der Waals surface area contributed by atoms with Crippen molar-refractivity contribution in [1.82, 2.24) is 10.2 Å². The van der Waals surface area contributed by atoms with Crippen LogP contribution in [0.4, 0.5) is 0 Å². The number of nitrogens with one attached hydrogen (secondary N) is 1. The SMILES string of the molecule is CC1=C(C(=O)OCCBr)N2C(=O)C(NC(=O)Cc3ccccc3)[C@@H]2[S+]([O-])C1. The van der Waals surface area contributed by atoms with E-state index in [1.54, 1.807) is 6.92 Å². The van der Waals surface area contributed by atoms with Gasteiger partial charge < -0.3 is 14.6 Å². The van der Waals surface area contributed by atoms with Crippen LogP contribution in [0.5, 0.6) is 0 Å². The molecular formula is C18H19BrN2O5S. The highest BCUT2D eigenvalue weighted by Crippen LogP contribution is 2.37. The quantitative estimate of drug-likeness (QED) is 0.297. The van der Waals surface area contributed by atoms with E-state index in [0.717, 1.165) is 5.56 Å². The zero-order valence-electron chi connectivity index (χ0n) is 14.6. The monoisotopic (exact) mass is 454 g/mol. The normalized spacial score (nSPS) is 24.2. The van der Waals surface area contributed by atoms with E-state index < -0.39 is 34.5 Å². The Kier molecular flexibility index (Phi) is 6.23. The first-order valence-electron chi connectivity index (χ1n) is 8.40. The number of alkyl halides is 1. The molecule has 1 saturated heterocycles. The highest BCUT2D eigenvalue weighted by atomic mass is 79.9. The molecule has 3 rings (SSSR count). The summed E-state index contributed by atoms with van der Waals surface area (Å²) in [7, 11) is 0. The summed E-state index contributed by atoms with van der Waals surface area (Å²) in [4.78, 5) is 38.4. The molecule has 9 heteroatoms. The number of esters is 1. The summed E-state index contributed by atoms with van der Waals surface area (Å²) in [6, 6.07) is 8.24. The van der Waals surface area contributed by atoms with Gasteiger partial charge >= 0.3 is 5.97 Å². The minimum absolute atomic E-state index is 0.124. The molecule has 0 radical (unpaired) electrons. The molecule has 0 aliphatic carbocycles. The third-order valence-corrected chi connectivity index (χ3v) is 6.41. The van der Waals surface area contributed by atoms with E-state index in [1.165, 1.54) is 4.90 Å². The van der Waals surface area contributed by atoms with Crippen molar-refractivity contribution in [2.24, 2.45) is 0 Å². The van der Waals surface area contributed by atoms with Crippen LogP contribution in [-0.4, -0.2) is 56.3 Å². The Morgan fingerprint density at radius 1 is 1.37 bits per heavy atom. The van der Waals surface area contributed by atoms with E-state index in [1.807, 2.05) is 30.3 Å². The molecule has 1 aromatic carbocycles. The number of hydrogen-bond acceptors (Lipinski definition) is 5. The minimum Gasteiger partial charge on any atom is -0.614 e. The number of rotatable bonds is 6. The molecule has 3 atom stereocenters. The molecule has 2 heterocycles. The number of carbonyl (C=O) groups excluding carboxylic acids is 3. The number of fused-ring (bicyclic) bond motifs is 1. The molecule has 27 heavy (non-hydrogen) atoms. The number of carbonyl (C=O) groups is 3. The maximum absolute atomic E-state index is 12.6. The molecule has 2 unspecified atom stereocenters. The Bertz CT molecular complexity index is 785. The molecule has 2 aliphatic heterocycles. The summed E-state index contributed by atoms with van der Waals surface area (Å²) in [5.41, 5.74) is 1.50. The predicted octanol–water partition coefficient (Wildman–Crippen LogP) is 0.857. The number of nitrogens with zero attached hydrogens (tertiary/aromatic N) is 1. The van der Waals surface area contributed by atoms with Crippen LogP contribution < -0.4 is 5.32 Å². The second-order valence-electron chi connectivity index (χ2n) is 6.29. The predicted molar refractivity (Wildman–Crippen MR) is 103 cm³/mol. The molecule has 1 N–H and O–H groups in total. The zero-order chi connectivity index (χ0) is 19.6. The second kappa shape index (κ2) is 8.45. The van der Waals surface area contributed by atoms with Crippen LogP contribution in [0.25, 0.3) is 0 Å². The van der Waals surface area contributed by atoms with Crippen LogP contribution in [0.2, 0.25) is 0 Å². The average Bonchev–Trinajstić information content (AvgIpc) is 2.64. The van der Waals surface area contributed by atoms with Crippen molar-refractivity contribution in [2.75, 3.05) is 17.7 Å². The van der Waals surface area contributed by atoms with Gasteiger partial charge in [-0.1, -0.05) is 46.3 Å². The summed E-state index contributed by atoms with van der Waals surface area (Å²) < 4.78 is 17.6. The summed E-state index contributed by atoms with van der Waals surface area (Å²) in [6.07, 6.45) is 0.124. The van der Waals surface area contributed by atoms with Crippen molar-refractivity contribution in [2.45, 2.75) is 24.8 Å². The van der Waals surface area contributed by atoms with Crippen LogP contribution >= 0.6 is 15.9 Å². The maximum atomic E-state index is 12.6. The van der Waals surface area contributed by atoms with Crippen molar-refractivity contribution in [3.8, 4) is 0 Å². The first kappa shape index (κ1) is 19.9. The second-order valence-corrected chi connectivity index (χ2v) is 8.61. The van der Waals surface area contributed by atoms with E-state index >= 15 is 0 Å². The van der Waals surface area contributed by atoms with E-state index in [-0.39, 0.29) is 30.4 Å². The first-order chi connectivity index (χ1) is 12.9. The highest BCUT2D eigenvalue weighted by molar-refractivity contribution is 9.09. The fourth-order valence-electron chi connectivity index (χ4n) is 3.15. The molecule has 2 amide bonds. The van der Waals surface area contributed by atoms with Crippen LogP contribution in [-0.2, 0) is 36.7 Å². The van der Waals surface area contributed by atoms with Crippen LogP contribution in [0.3, 0.4) is 0 Å². The van der Waals surface area contributed by atoms with Gasteiger partial charge in [0.2, 0.25) is 11.3 Å². The Balaban J connectivity index is 1.70. The van der Waals surface area contributed by atoms with E-state index in [2.05, 4.69) is 21.2 Å². The third kappa shape index (κ3) is 4.04. The molecule has 0 aromatic heterocycles. The number of amides is 2. The van der Waals surface area contributed by atoms with E-state index in [0.29, 0.717) is 10.9 Å². The number of ether oxygens (including phenoxy) is 1. The first-order valence-corrected chi connectivity index (χ1v) is 10.9. The summed E-state index contributed by atoms with van der Waals surface area (Å²) in [6.45, 7) is 1.83. The van der Waals surface area contributed by atoms with Crippen molar-refractivity contribution in [1.29, 1.82) is 0 Å². The molecule has 0 saturated carbocycles. The van der Waals surface area contributed by atoms with Crippen LogP contribution in [0.15, 0.2) is 41.6 Å². The Morgan fingerprint density at radius 3 is 2.74 bits per heavy atom. The van der Waals surface area contributed by atoms with Crippen molar-refractivity contribution < 1.29 is 23.7 Å². The van der Waals surface area contributed by atoms with Crippen LogP contribution in [0, 0.1) is 0 Å². The lowest BCUT2D eigenvalue weighted by Gasteiger charge is -2.49. The smallest absolute Gasteiger partial charge is 0.355 e. The van der Waals surface area contributed by atoms with Gasteiger partial charge in [-0.15, -0.1) is 0 Å². The van der Waals surface area contributed by atoms with Gasteiger partial charge in [-0.2, -0.15) is 0 Å². The lowest BCUT2D eigenvalue weighted by molar-refractivity contribution is -0.153. The molecule has 0 spiro atoms. The number of β-lactam (4-membered cyclic amide) rings is 1. The number of benzene rings is 1. The van der Waals surface area contributed by atoms with Gasteiger partial charge in [0.05, 0.1) is 6.42 Å². The average molecular weight is 455 g/mol. The molecule has 7 nitrogen and oxygen atoms in total. The largest absolute Gasteiger partial charge is 0.614 e. The molecule has 1 aromatic rings. The van der Waals surface area contributed by atoms with Gasteiger partial charge in [0, 0.05) is 10.9 Å². The summed E-state index contributed by atoms with van der Waals surface area (Å²) in [5.74, 6) is -1.22. The van der Waals surface area contributed by atoms with Gasteiger partial charge in [-0.05, 0) is 23.7 Å². The summed E-state index contributed by atoms with van der Waals surface area (Å²) >= 11 is 1.77. The van der Waals surface area contributed by atoms with Gasteiger partial charge in [0.1, 0.15) is 18.1 Å². The molecule has 144 valence electrons. The van der Waals surface area contributed by atoms with Gasteiger partial charge in [0.15, 0.2) is 6.04 Å². The Hall–Kier alpha value is -1.84. The number of halogens is 1. The fourth-order valence-corrected chi connectivity index (χ4v) is 4.98. The maximum Gasteiger partial charge on any atom is 0.355 e. The Morgan fingerprint density at radius 2 is 2.07 bits per heavy atom. The van der Waals surface area contributed by atoms with Crippen molar-refractivity contribution in [3.05, 3.63) is 47.2 Å². The third-order valence-electron chi connectivity index (χ3n) is 4.34. The van der Waals surface area contributed by atoms with Gasteiger partial charge in [-0.25, -0.2) is 4.79 Å². The minimum atomic E-state index is -1.40. The van der Waals surface area contributed by atoms with Crippen LogP contribution in [0.1, 0.15) is 12.5 Å². The highest BCUT2D eigenvalue weighted by Gasteiger charge is 2.60. The lowest BCUT2D eigenvalue weighted by atomic mass is 10.0. The van der Waals surface area contributed by atoms with E-state index in [9.17, 15) is 18.9 Å². The van der Waals surface area contributed by atoms with Crippen molar-refractivity contribution in [3.63, 3.8) is 0 Å². The topological polar surface area (TPSA) is 98.8 Å². The molecule has 2 aliphatic rings. The number of hydrogen-bond donors (Lipinski definition) is 1. The summed E-state index contributed by atoms with van der Waals surface area (Å²) in [5, 5.41) is 2.39. The molecule has 1 fully saturated rings. The van der Waals surface area contributed by atoms with Gasteiger partial charge in [0.25, 0.3) is 5.91 Å². The Labute approximate surface area is 168 Å². The fraction of sp³-hybridized carbons (Fsp3) is 0.389. The zero-order valence-corrected chi connectivity index (χ0v) is 17.0.